The molecule has 2 rings (SSSR count). The lowest BCUT2D eigenvalue weighted by Crippen LogP contribution is -2.24. The summed E-state index contributed by atoms with van der Waals surface area (Å²) < 4.78 is 5.53. The molecule has 1 atom stereocenters. The molecule has 1 fully saturated rings. The van der Waals surface area contributed by atoms with Gasteiger partial charge in [0.1, 0.15) is 16.8 Å². The van der Waals surface area contributed by atoms with Crippen LogP contribution in [0, 0.1) is 0 Å². The quantitative estimate of drug-likeness (QED) is 0.751. The van der Waals surface area contributed by atoms with E-state index >= 15 is 0 Å². The lowest BCUT2D eigenvalue weighted by molar-refractivity contribution is -0.137. The van der Waals surface area contributed by atoms with Crippen molar-refractivity contribution >= 4 is 23.2 Å². The van der Waals surface area contributed by atoms with Crippen LogP contribution in [0.15, 0.2) is 5.38 Å². The van der Waals surface area contributed by atoms with E-state index in [1.165, 1.54) is 11.3 Å². The summed E-state index contributed by atoms with van der Waals surface area (Å²) in [6, 6.07) is 0. The zero-order valence-corrected chi connectivity index (χ0v) is 11.9. The SMILES string of the molecule is O=C(O)CCCCNC(=O)c1csc(C2CCCO2)n1. The first-order valence-electron chi connectivity index (χ1n) is 6.74. The summed E-state index contributed by atoms with van der Waals surface area (Å²) in [4.78, 5) is 26.5. The van der Waals surface area contributed by atoms with E-state index in [1.807, 2.05) is 0 Å². The van der Waals surface area contributed by atoms with Crippen LogP contribution in [-0.2, 0) is 9.53 Å². The van der Waals surface area contributed by atoms with Crippen LogP contribution in [0.1, 0.15) is 53.7 Å². The third-order valence-corrected chi connectivity index (χ3v) is 4.00. The highest BCUT2D eigenvalue weighted by atomic mass is 32.1. The molecule has 0 spiro atoms. The Bertz CT molecular complexity index is 469. The number of carboxylic acid groups (broad SMARTS) is 1. The highest BCUT2D eigenvalue weighted by Crippen LogP contribution is 2.30. The highest BCUT2D eigenvalue weighted by Gasteiger charge is 2.22. The minimum atomic E-state index is -0.808. The van der Waals surface area contributed by atoms with E-state index in [2.05, 4.69) is 10.3 Å². The lowest BCUT2D eigenvalue weighted by Gasteiger charge is -2.04. The van der Waals surface area contributed by atoms with Gasteiger partial charge in [0.2, 0.25) is 0 Å². The van der Waals surface area contributed by atoms with Gasteiger partial charge in [0.25, 0.3) is 5.91 Å². The summed E-state index contributed by atoms with van der Waals surface area (Å²) in [5, 5.41) is 13.8. The van der Waals surface area contributed by atoms with Crippen molar-refractivity contribution in [2.24, 2.45) is 0 Å². The molecule has 2 heterocycles. The van der Waals surface area contributed by atoms with E-state index in [-0.39, 0.29) is 18.4 Å². The van der Waals surface area contributed by atoms with Crippen molar-refractivity contribution in [1.29, 1.82) is 0 Å². The van der Waals surface area contributed by atoms with Gasteiger partial charge in [-0.3, -0.25) is 9.59 Å². The molecule has 1 saturated heterocycles. The first-order valence-corrected chi connectivity index (χ1v) is 7.62. The average molecular weight is 298 g/mol. The largest absolute Gasteiger partial charge is 0.481 e. The minimum Gasteiger partial charge on any atom is -0.481 e. The normalized spacial score (nSPS) is 18.1. The van der Waals surface area contributed by atoms with E-state index in [0.717, 1.165) is 24.5 Å². The molecule has 110 valence electrons. The number of thiazole rings is 1. The van der Waals surface area contributed by atoms with Crippen molar-refractivity contribution in [3.63, 3.8) is 0 Å². The van der Waals surface area contributed by atoms with Gasteiger partial charge in [-0.2, -0.15) is 0 Å². The number of ether oxygens (including phenoxy) is 1. The number of carbonyl (C=O) groups excluding carboxylic acids is 1. The molecule has 0 radical (unpaired) electrons. The van der Waals surface area contributed by atoms with Gasteiger partial charge in [0.15, 0.2) is 0 Å². The number of hydrogen-bond donors (Lipinski definition) is 2. The second-order valence-corrected chi connectivity index (χ2v) is 5.57. The van der Waals surface area contributed by atoms with E-state index in [1.54, 1.807) is 5.38 Å². The van der Waals surface area contributed by atoms with Crippen LogP contribution in [-0.4, -0.2) is 35.1 Å². The zero-order chi connectivity index (χ0) is 14.4. The zero-order valence-electron chi connectivity index (χ0n) is 11.1. The Labute approximate surface area is 121 Å². The maximum atomic E-state index is 11.8. The Morgan fingerprint density at radius 3 is 3.05 bits per heavy atom. The summed E-state index contributed by atoms with van der Waals surface area (Å²) >= 11 is 1.45. The molecule has 0 saturated carbocycles. The summed E-state index contributed by atoms with van der Waals surface area (Å²) in [7, 11) is 0. The summed E-state index contributed by atoms with van der Waals surface area (Å²) in [6.07, 6.45) is 3.39. The maximum absolute atomic E-state index is 11.8. The second-order valence-electron chi connectivity index (χ2n) is 4.68. The summed E-state index contributed by atoms with van der Waals surface area (Å²) in [6.45, 7) is 1.23. The molecular formula is C13H18N2O4S. The monoisotopic (exact) mass is 298 g/mol. The Hall–Kier alpha value is -1.47. The lowest BCUT2D eigenvalue weighted by atomic mass is 10.2. The molecule has 7 heteroatoms. The summed E-state index contributed by atoms with van der Waals surface area (Å²) in [5.41, 5.74) is 0.415. The van der Waals surface area contributed by atoms with Gasteiger partial charge in [0, 0.05) is 25.0 Å². The Balaban J connectivity index is 1.73. The molecule has 1 aromatic heterocycles. The van der Waals surface area contributed by atoms with Gasteiger partial charge in [-0.1, -0.05) is 0 Å². The molecule has 1 unspecified atom stereocenters. The third kappa shape index (κ3) is 4.28. The number of aliphatic carboxylic acids is 1. The number of unbranched alkanes of at least 4 members (excludes halogenated alkanes) is 1. The number of nitrogens with one attached hydrogen (secondary N) is 1. The molecular weight excluding hydrogens is 280 g/mol. The van der Waals surface area contributed by atoms with E-state index < -0.39 is 5.97 Å². The number of amides is 1. The predicted molar refractivity (Wildman–Crippen MR) is 73.9 cm³/mol. The fourth-order valence-corrected chi connectivity index (χ4v) is 2.89. The van der Waals surface area contributed by atoms with Gasteiger partial charge in [-0.15, -0.1) is 11.3 Å². The van der Waals surface area contributed by atoms with Gasteiger partial charge >= 0.3 is 5.97 Å². The van der Waals surface area contributed by atoms with Crippen LogP contribution < -0.4 is 5.32 Å². The van der Waals surface area contributed by atoms with E-state index in [0.29, 0.717) is 25.1 Å². The second kappa shape index (κ2) is 7.35. The van der Waals surface area contributed by atoms with Gasteiger partial charge in [-0.05, 0) is 25.7 Å². The molecule has 0 bridgehead atoms. The fraction of sp³-hybridized carbons (Fsp3) is 0.615. The minimum absolute atomic E-state index is 0.0390. The maximum Gasteiger partial charge on any atom is 0.303 e. The van der Waals surface area contributed by atoms with Crippen molar-refractivity contribution in [2.75, 3.05) is 13.2 Å². The Morgan fingerprint density at radius 2 is 2.35 bits per heavy atom. The Morgan fingerprint density at radius 1 is 1.50 bits per heavy atom. The van der Waals surface area contributed by atoms with Crippen LogP contribution in [0.25, 0.3) is 0 Å². The topological polar surface area (TPSA) is 88.5 Å². The van der Waals surface area contributed by atoms with Crippen molar-refractivity contribution in [2.45, 2.75) is 38.2 Å². The fourth-order valence-electron chi connectivity index (χ4n) is 2.01. The predicted octanol–water partition coefficient (Wildman–Crippen LogP) is 1.98. The summed E-state index contributed by atoms with van der Waals surface area (Å²) in [5.74, 6) is -1.02. The van der Waals surface area contributed by atoms with Crippen LogP contribution >= 0.6 is 11.3 Å². The van der Waals surface area contributed by atoms with Gasteiger partial charge in [-0.25, -0.2) is 4.98 Å². The molecule has 1 aromatic rings. The molecule has 1 amide bonds. The number of nitrogens with zero attached hydrogens (tertiary/aromatic N) is 1. The third-order valence-electron chi connectivity index (χ3n) is 3.06. The van der Waals surface area contributed by atoms with Crippen LogP contribution in [0.4, 0.5) is 0 Å². The van der Waals surface area contributed by atoms with Crippen LogP contribution in [0.5, 0.6) is 0 Å². The van der Waals surface area contributed by atoms with Crippen molar-refractivity contribution in [3.05, 3.63) is 16.1 Å². The number of carbonyl (C=O) groups is 2. The molecule has 1 aliphatic heterocycles. The Kier molecular flexibility index (Phi) is 5.49. The first-order chi connectivity index (χ1) is 9.66. The van der Waals surface area contributed by atoms with Crippen molar-refractivity contribution in [3.8, 4) is 0 Å². The molecule has 20 heavy (non-hydrogen) atoms. The van der Waals surface area contributed by atoms with Crippen LogP contribution in [0.3, 0.4) is 0 Å². The van der Waals surface area contributed by atoms with Gasteiger partial charge < -0.3 is 15.2 Å². The molecule has 0 aromatic carbocycles. The van der Waals surface area contributed by atoms with Crippen molar-refractivity contribution < 1.29 is 19.4 Å². The highest BCUT2D eigenvalue weighted by molar-refractivity contribution is 7.09. The number of carboxylic acids is 1. The molecule has 0 aliphatic carbocycles. The molecule has 2 N–H and O–H groups in total. The van der Waals surface area contributed by atoms with Gasteiger partial charge in [0.05, 0.1) is 0 Å². The van der Waals surface area contributed by atoms with Crippen LogP contribution in [0.2, 0.25) is 0 Å². The van der Waals surface area contributed by atoms with E-state index in [9.17, 15) is 9.59 Å². The number of aromatic nitrogens is 1. The standard InChI is InChI=1S/C13H18N2O4S/c16-11(17)5-1-2-6-14-12(18)9-8-20-13(15-9)10-4-3-7-19-10/h8,10H,1-7H2,(H,14,18)(H,16,17). The molecule has 6 nitrogen and oxygen atoms in total. The average Bonchev–Trinajstić information content (AvgIpc) is 3.08. The number of rotatable bonds is 7. The van der Waals surface area contributed by atoms with E-state index in [4.69, 9.17) is 9.84 Å². The number of hydrogen-bond acceptors (Lipinski definition) is 5. The molecule has 1 aliphatic rings. The first kappa shape index (κ1) is 14.9. The van der Waals surface area contributed by atoms with Crippen molar-refractivity contribution in [1.82, 2.24) is 10.3 Å². The smallest absolute Gasteiger partial charge is 0.303 e.